The Morgan fingerprint density at radius 3 is 2.33 bits per heavy atom. The number of hydrogen-bond acceptors (Lipinski definition) is 3. The number of nitrogens with one attached hydrogen (secondary N) is 1. The molecule has 6 nitrogen and oxygen atoms in total. The molecule has 138 valence electrons. The third-order valence-corrected chi connectivity index (χ3v) is 5.27. The lowest BCUT2D eigenvalue weighted by Crippen LogP contribution is -2.53. The van der Waals surface area contributed by atoms with E-state index < -0.39 is 0 Å². The Bertz CT molecular complexity index is 412. The molecule has 1 aliphatic heterocycles. The minimum atomic E-state index is 0.172. The molecular formula is C18H35N5O. The van der Waals surface area contributed by atoms with E-state index in [1.54, 1.807) is 6.92 Å². The molecule has 2 rings (SSSR count). The lowest BCUT2D eigenvalue weighted by atomic mass is 9.94. The van der Waals surface area contributed by atoms with Gasteiger partial charge in [0.2, 0.25) is 5.91 Å². The normalized spacial score (nSPS) is 20.6. The number of nitrogens with zero attached hydrogens (tertiary/aromatic N) is 4. The Morgan fingerprint density at radius 1 is 1.12 bits per heavy atom. The second kappa shape index (κ2) is 9.87. The standard InChI is InChI=1S/C18H35N5O/c1-4-19-18(23-14-12-22(13-15-23)16(2)24)20-10-11-21(3)17-8-6-5-7-9-17/h17H,4-15H2,1-3H3,(H,19,20). The predicted octanol–water partition coefficient (Wildman–Crippen LogP) is 1.38. The van der Waals surface area contributed by atoms with Crippen LogP contribution in [0.4, 0.5) is 0 Å². The van der Waals surface area contributed by atoms with Crippen LogP contribution in [0.25, 0.3) is 0 Å². The first kappa shape index (κ1) is 19.0. The summed E-state index contributed by atoms with van der Waals surface area (Å²) in [6, 6.07) is 0.746. The third-order valence-electron chi connectivity index (χ3n) is 5.27. The van der Waals surface area contributed by atoms with Crippen LogP contribution >= 0.6 is 0 Å². The van der Waals surface area contributed by atoms with Gasteiger partial charge in [0.05, 0.1) is 6.54 Å². The number of amides is 1. The quantitative estimate of drug-likeness (QED) is 0.608. The van der Waals surface area contributed by atoms with Crippen molar-refractivity contribution in [3.63, 3.8) is 0 Å². The van der Waals surface area contributed by atoms with Crippen molar-refractivity contribution in [1.82, 2.24) is 20.0 Å². The van der Waals surface area contributed by atoms with Crippen molar-refractivity contribution in [3.8, 4) is 0 Å². The van der Waals surface area contributed by atoms with E-state index in [9.17, 15) is 4.79 Å². The molecule has 0 aromatic carbocycles. The van der Waals surface area contributed by atoms with Crippen molar-refractivity contribution in [2.75, 3.05) is 52.9 Å². The highest BCUT2D eigenvalue weighted by Crippen LogP contribution is 2.21. The number of aliphatic imine (C=N–C) groups is 1. The topological polar surface area (TPSA) is 51.2 Å². The van der Waals surface area contributed by atoms with Gasteiger partial charge in [0.15, 0.2) is 5.96 Å². The molecule has 0 aromatic heterocycles. The highest BCUT2D eigenvalue weighted by molar-refractivity contribution is 5.80. The maximum atomic E-state index is 11.5. The molecule has 0 atom stereocenters. The number of rotatable bonds is 5. The van der Waals surface area contributed by atoms with Crippen LogP contribution in [-0.2, 0) is 4.79 Å². The molecule has 6 heteroatoms. The fourth-order valence-electron chi connectivity index (χ4n) is 3.68. The van der Waals surface area contributed by atoms with Crippen molar-refractivity contribution in [2.45, 2.75) is 52.0 Å². The van der Waals surface area contributed by atoms with E-state index in [1.807, 2.05) is 4.90 Å². The average Bonchev–Trinajstić information content (AvgIpc) is 2.61. The monoisotopic (exact) mass is 337 g/mol. The zero-order valence-corrected chi connectivity index (χ0v) is 15.8. The Morgan fingerprint density at radius 2 is 1.75 bits per heavy atom. The van der Waals surface area contributed by atoms with Crippen molar-refractivity contribution < 1.29 is 4.79 Å². The van der Waals surface area contributed by atoms with Gasteiger partial charge in [0.25, 0.3) is 0 Å². The Labute approximate surface area is 147 Å². The molecule has 0 unspecified atom stereocenters. The fourth-order valence-corrected chi connectivity index (χ4v) is 3.68. The third kappa shape index (κ3) is 5.65. The first-order valence-electron chi connectivity index (χ1n) is 9.60. The zero-order valence-electron chi connectivity index (χ0n) is 15.8. The summed E-state index contributed by atoms with van der Waals surface area (Å²) < 4.78 is 0. The number of piperazine rings is 1. The van der Waals surface area contributed by atoms with Crippen LogP contribution in [0.3, 0.4) is 0 Å². The smallest absolute Gasteiger partial charge is 0.219 e. The van der Waals surface area contributed by atoms with Crippen LogP contribution in [0.15, 0.2) is 4.99 Å². The van der Waals surface area contributed by atoms with Gasteiger partial charge in [-0.2, -0.15) is 0 Å². The fraction of sp³-hybridized carbons (Fsp3) is 0.889. The molecule has 0 bridgehead atoms. The molecule has 1 aliphatic carbocycles. The van der Waals surface area contributed by atoms with Crippen LogP contribution in [0, 0.1) is 0 Å². The predicted molar refractivity (Wildman–Crippen MR) is 99.3 cm³/mol. The van der Waals surface area contributed by atoms with Gasteiger partial charge < -0.3 is 20.0 Å². The van der Waals surface area contributed by atoms with Crippen LogP contribution in [0.5, 0.6) is 0 Å². The molecule has 24 heavy (non-hydrogen) atoms. The summed E-state index contributed by atoms with van der Waals surface area (Å²) in [5, 5.41) is 3.40. The van der Waals surface area contributed by atoms with Gasteiger partial charge in [-0.3, -0.25) is 9.79 Å². The van der Waals surface area contributed by atoms with Gasteiger partial charge in [0, 0.05) is 52.2 Å². The van der Waals surface area contributed by atoms with E-state index >= 15 is 0 Å². The summed E-state index contributed by atoms with van der Waals surface area (Å²) in [7, 11) is 2.24. The van der Waals surface area contributed by atoms with Gasteiger partial charge in [-0.25, -0.2) is 0 Å². The summed E-state index contributed by atoms with van der Waals surface area (Å²) in [6.45, 7) is 9.81. The summed E-state index contributed by atoms with van der Waals surface area (Å²) in [6.07, 6.45) is 6.84. The minimum Gasteiger partial charge on any atom is -0.357 e. The lowest BCUT2D eigenvalue weighted by Gasteiger charge is -2.36. The van der Waals surface area contributed by atoms with Crippen molar-refractivity contribution in [2.24, 2.45) is 4.99 Å². The van der Waals surface area contributed by atoms with Crippen LogP contribution < -0.4 is 5.32 Å². The molecule has 1 heterocycles. The first-order chi connectivity index (χ1) is 11.6. The molecule has 0 spiro atoms. The van der Waals surface area contributed by atoms with Crippen molar-refractivity contribution in [1.29, 1.82) is 0 Å². The van der Waals surface area contributed by atoms with Crippen molar-refractivity contribution >= 4 is 11.9 Å². The molecule has 2 fully saturated rings. The molecule has 1 N–H and O–H groups in total. The van der Waals surface area contributed by atoms with Gasteiger partial charge in [-0.15, -0.1) is 0 Å². The molecule has 0 radical (unpaired) electrons. The van der Waals surface area contributed by atoms with E-state index in [0.717, 1.165) is 57.8 Å². The summed E-state index contributed by atoms with van der Waals surface area (Å²) in [5.41, 5.74) is 0. The molecule has 0 aromatic rings. The van der Waals surface area contributed by atoms with Crippen molar-refractivity contribution in [3.05, 3.63) is 0 Å². The van der Waals surface area contributed by atoms with E-state index in [1.165, 1.54) is 32.1 Å². The minimum absolute atomic E-state index is 0.172. The summed E-state index contributed by atoms with van der Waals surface area (Å²) in [4.78, 5) is 23.0. The van der Waals surface area contributed by atoms with Crippen LogP contribution in [-0.4, -0.2) is 85.5 Å². The number of carbonyl (C=O) groups excluding carboxylic acids is 1. The van der Waals surface area contributed by atoms with Gasteiger partial charge in [0.1, 0.15) is 0 Å². The molecular weight excluding hydrogens is 302 g/mol. The largest absolute Gasteiger partial charge is 0.357 e. The summed E-state index contributed by atoms with van der Waals surface area (Å²) in [5.74, 6) is 1.17. The van der Waals surface area contributed by atoms with Gasteiger partial charge in [-0.05, 0) is 26.8 Å². The second-order valence-corrected chi connectivity index (χ2v) is 7.00. The highest BCUT2D eigenvalue weighted by atomic mass is 16.2. The number of carbonyl (C=O) groups is 1. The number of hydrogen-bond donors (Lipinski definition) is 1. The number of guanidine groups is 1. The van der Waals surface area contributed by atoms with Crippen LogP contribution in [0.2, 0.25) is 0 Å². The van der Waals surface area contributed by atoms with Gasteiger partial charge in [-0.1, -0.05) is 19.3 Å². The lowest BCUT2D eigenvalue weighted by molar-refractivity contribution is -0.130. The highest BCUT2D eigenvalue weighted by Gasteiger charge is 2.21. The molecule has 2 aliphatic rings. The molecule has 1 amide bonds. The van der Waals surface area contributed by atoms with E-state index in [4.69, 9.17) is 4.99 Å². The van der Waals surface area contributed by atoms with Gasteiger partial charge >= 0.3 is 0 Å². The number of likely N-dealkylation sites (N-methyl/N-ethyl adjacent to an activating group) is 1. The first-order valence-corrected chi connectivity index (χ1v) is 9.60. The molecule has 1 saturated heterocycles. The Balaban J connectivity index is 1.81. The van der Waals surface area contributed by atoms with E-state index in [-0.39, 0.29) is 5.91 Å². The molecule has 1 saturated carbocycles. The second-order valence-electron chi connectivity index (χ2n) is 7.00. The maximum Gasteiger partial charge on any atom is 0.219 e. The Hall–Kier alpha value is -1.30. The van der Waals surface area contributed by atoms with E-state index in [2.05, 4.69) is 29.1 Å². The zero-order chi connectivity index (χ0) is 17.4. The van der Waals surface area contributed by atoms with E-state index in [0.29, 0.717) is 0 Å². The average molecular weight is 338 g/mol. The van der Waals surface area contributed by atoms with Crippen LogP contribution in [0.1, 0.15) is 46.0 Å². The maximum absolute atomic E-state index is 11.5. The SMILES string of the molecule is CCNC(=NCCN(C)C1CCCCC1)N1CCN(C(C)=O)CC1. The Kier molecular flexibility index (Phi) is 7.82. The summed E-state index contributed by atoms with van der Waals surface area (Å²) >= 11 is 0.